The number of nitriles is 1. The minimum absolute atomic E-state index is 0.00373. The lowest BCUT2D eigenvalue weighted by Gasteiger charge is -2.08. The van der Waals surface area contributed by atoms with Crippen LogP contribution in [0.15, 0.2) is 28.9 Å². The molecule has 25 heavy (non-hydrogen) atoms. The summed E-state index contributed by atoms with van der Waals surface area (Å²) in [6.45, 7) is 0. The molecule has 0 spiro atoms. The Morgan fingerprint density at radius 2 is 2.04 bits per heavy atom. The number of phenolic OH excluding ortho intramolecular Hbond substituents is 1. The molecule has 0 aliphatic carbocycles. The van der Waals surface area contributed by atoms with Crippen LogP contribution >= 0.6 is 0 Å². The molecule has 1 N–H and O–H groups in total. The van der Waals surface area contributed by atoms with E-state index in [1.807, 2.05) is 0 Å². The molecule has 3 rings (SSSR count). The third-order valence-corrected chi connectivity index (χ3v) is 2.92. The highest BCUT2D eigenvalue weighted by atomic mass is 19.4. The fourth-order valence-electron chi connectivity index (χ4n) is 1.87. The van der Waals surface area contributed by atoms with Crippen LogP contribution in [0.25, 0.3) is 23.7 Å². The van der Waals surface area contributed by atoms with Crippen LogP contribution < -0.4 is 0 Å². The van der Waals surface area contributed by atoms with Gasteiger partial charge in [0, 0.05) is 17.8 Å². The van der Waals surface area contributed by atoms with Crippen LogP contribution in [0.3, 0.4) is 0 Å². The fraction of sp³-hybridized carbons (Fsp3) is 0.0714. The number of nitrogens with zero attached hydrogens (tertiary/aromatic N) is 6. The Bertz CT molecular complexity index is 983. The summed E-state index contributed by atoms with van der Waals surface area (Å²) in [5.74, 6) is -0.732. The van der Waals surface area contributed by atoms with Crippen LogP contribution in [-0.4, -0.2) is 30.1 Å². The molecule has 0 radical (unpaired) electrons. The normalized spacial score (nSPS) is 11.8. The van der Waals surface area contributed by atoms with E-state index in [1.165, 1.54) is 23.3 Å². The number of hydrogen-bond acceptors (Lipinski definition) is 7. The minimum Gasteiger partial charge on any atom is -0.508 e. The monoisotopic (exact) mass is 348 g/mol. The van der Waals surface area contributed by atoms with E-state index in [2.05, 4.69) is 20.3 Å². The molecule has 126 valence electrons. The van der Waals surface area contributed by atoms with Gasteiger partial charge in [-0.3, -0.25) is 0 Å². The Morgan fingerprint density at radius 1 is 1.24 bits per heavy atom. The van der Waals surface area contributed by atoms with E-state index in [1.54, 1.807) is 6.07 Å². The third-order valence-electron chi connectivity index (χ3n) is 2.92. The molecule has 0 atom stereocenters. The lowest BCUT2D eigenvalue weighted by molar-refractivity contribution is -0.137. The molecule has 2 heterocycles. The van der Waals surface area contributed by atoms with E-state index in [4.69, 9.17) is 9.68 Å². The van der Waals surface area contributed by atoms with Crippen molar-refractivity contribution in [2.45, 2.75) is 6.18 Å². The summed E-state index contributed by atoms with van der Waals surface area (Å²) in [6, 6.07) is 4.24. The van der Waals surface area contributed by atoms with E-state index in [-0.39, 0.29) is 23.2 Å². The van der Waals surface area contributed by atoms with Gasteiger partial charge in [0.05, 0.1) is 5.56 Å². The molecule has 3 aromatic rings. The van der Waals surface area contributed by atoms with Crippen molar-refractivity contribution in [2.75, 3.05) is 0 Å². The van der Waals surface area contributed by atoms with Crippen LogP contribution in [0.2, 0.25) is 0 Å². The number of hydrogen-bond donors (Lipinski definition) is 1. The van der Waals surface area contributed by atoms with Gasteiger partial charge >= 0.3 is 12.1 Å². The van der Waals surface area contributed by atoms with Crippen LogP contribution in [-0.2, 0) is 6.18 Å². The maximum atomic E-state index is 12.8. The van der Waals surface area contributed by atoms with E-state index in [0.29, 0.717) is 6.07 Å². The maximum absolute atomic E-state index is 12.8. The molecule has 0 saturated heterocycles. The summed E-state index contributed by atoms with van der Waals surface area (Å²) < 4.78 is 44.5. The number of alkyl halides is 3. The van der Waals surface area contributed by atoms with Gasteiger partial charge in [0.2, 0.25) is 5.89 Å². The molecule has 11 heteroatoms. The van der Waals surface area contributed by atoms with Crippen LogP contribution in [0.5, 0.6) is 5.75 Å². The van der Waals surface area contributed by atoms with Gasteiger partial charge < -0.3 is 9.52 Å². The molecule has 1 aromatic carbocycles. The molecule has 0 unspecified atom stereocenters. The predicted octanol–water partition coefficient (Wildman–Crippen LogP) is 2.55. The van der Waals surface area contributed by atoms with Crippen LogP contribution in [0.1, 0.15) is 17.3 Å². The average Bonchev–Trinajstić information content (AvgIpc) is 3.20. The molecular weight excluding hydrogens is 341 g/mol. The Kier molecular flexibility index (Phi) is 3.94. The SMILES string of the molecule is N#Cc1nnc(/C=C\n2cnc(-c3cc(O)cc(C(F)(F)F)c3)n2)o1. The molecule has 0 aliphatic heterocycles. The fourth-order valence-corrected chi connectivity index (χ4v) is 1.87. The molecule has 0 fully saturated rings. The number of benzene rings is 1. The van der Waals surface area contributed by atoms with Crippen molar-refractivity contribution in [3.05, 3.63) is 41.9 Å². The predicted molar refractivity (Wildman–Crippen MR) is 76.4 cm³/mol. The summed E-state index contributed by atoms with van der Waals surface area (Å²) in [5.41, 5.74) is -1.01. The topological polar surface area (TPSA) is 114 Å². The number of phenols is 1. The third kappa shape index (κ3) is 3.63. The van der Waals surface area contributed by atoms with E-state index < -0.39 is 17.5 Å². The van der Waals surface area contributed by atoms with Crippen molar-refractivity contribution in [1.29, 1.82) is 5.26 Å². The summed E-state index contributed by atoms with van der Waals surface area (Å²) in [7, 11) is 0. The van der Waals surface area contributed by atoms with Gasteiger partial charge in [-0.05, 0) is 18.2 Å². The first-order chi connectivity index (χ1) is 11.8. The summed E-state index contributed by atoms with van der Waals surface area (Å²) >= 11 is 0. The molecular formula is C14H7F3N6O2. The van der Waals surface area contributed by atoms with Crippen LogP contribution in [0, 0.1) is 11.3 Å². The Labute approximate surface area is 137 Å². The van der Waals surface area contributed by atoms with Gasteiger partial charge in [-0.25, -0.2) is 9.67 Å². The second-order valence-corrected chi connectivity index (χ2v) is 4.69. The first-order valence-electron chi connectivity index (χ1n) is 6.60. The molecule has 8 nitrogen and oxygen atoms in total. The Hall–Kier alpha value is -3.68. The van der Waals surface area contributed by atoms with Crippen molar-refractivity contribution in [2.24, 2.45) is 0 Å². The number of halogens is 3. The summed E-state index contributed by atoms with van der Waals surface area (Å²) in [6.07, 6.45) is -0.661. The number of rotatable bonds is 3. The van der Waals surface area contributed by atoms with Crippen molar-refractivity contribution in [1.82, 2.24) is 25.0 Å². The lowest BCUT2D eigenvalue weighted by atomic mass is 10.1. The molecule has 0 amide bonds. The first-order valence-corrected chi connectivity index (χ1v) is 6.60. The Balaban J connectivity index is 1.86. The van der Waals surface area contributed by atoms with Crippen molar-refractivity contribution in [3.63, 3.8) is 0 Å². The minimum atomic E-state index is -4.60. The lowest BCUT2D eigenvalue weighted by Crippen LogP contribution is -2.04. The van der Waals surface area contributed by atoms with E-state index >= 15 is 0 Å². The second kappa shape index (κ2) is 6.08. The Morgan fingerprint density at radius 3 is 2.72 bits per heavy atom. The van der Waals surface area contributed by atoms with Gasteiger partial charge in [0.25, 0.3) is 0 Å². The molecule has 0 aliphatic rings. The zero-order valence-corrected chi connectivity index (χ0v) is 12.1. The summed E-state index contributed by atoms with van der Waals surface area (Å²) in [4.78, 5) is 3.89. The highest BCUT2D eigenvalue weighted by Gasteiger charge is 2.31. The summed E-state index contributed by atoms with van der Waals surface area (Å²) in [5, 5.41) is 29.0. The van der Waals surface area contributed by atoms with Crippen molar-refractivity contribution in [3.8, 4) is 23.2 Å². The standard InChI is InChI=1S/C14H7F3N6O2/c15-14(16,17)9-3-8(4-10(24)5-9)13-19-7-23(22-13)2-1-11-20-21-12(6-18)25-11/h1-5,7,24H/b2-1-. The molecule has 0 bridgehead atoms. The molecule has 2 aromatic heterocycles. The van der Waals surface area contributed by atoms with Gasteiger partial charge in [-0.1, -0.05) is 5.10 Å². The first kappa shape index (κ1) is 16.2. The average molecular weight is 348 g/mol. The van der Waals surface area contributed by atoms with E-state index in [0.717, 1.165) is 12.1 Å². The highest BCUT2D eigenvalue weighted by Crippen LogP contribution is 2.34. The second-order valence-electron chi connectivity index (χ2n) is 4.69. The van der Waals surface area contributed by atoms with Gasteiger partial charge in [0.1, 0.15) is 12.1 Å². The van der Waals surface area contributed by atoms with Gasteiger partial charge in [-0.2, -0.15) is 18.4 Å². The quantitative estimate of drug-likeness (QED) is 0.773. The smallest absolute Gasteiger partial charge is 0.416 e. The van der Waals surface area contributed by atoms with Crippen LogP contribution in [0.4, 0.5) is 13.2 Å². The van der Waals surface area contributed by atoms with Gasteiger partial charge in [-0.15, -0.1) is 10.2 Å². The number of aromatic hydroxyl groups is 1. The van der Waals surface area contributed by atoms with Gasteiger partial charge in [0.15, 0.2) is 11.9 Å². The number of aromatic nitrogens is 5. The zero-order chi connectivity index (χ0) is 18.0. The maximum Gasteiger partial charge on any atom is 0.416 e. The molecule has 0 saturated carbocycles. The largest absolute Gasteiger partial charge is 0.508 e. The highest BCUT2D eigenvalue weighted by molar-refractivity contribution is 5.60. The van der Waals surface area contributed by atoms with Crippen molar-refractivity contribution >= 4 is 12.3 Å². The van der Waals surface area contributed by atoms with Crippen molar-refractivity contribution < 1.29 is 22.7 Å². The van der Waals surface area contributed by atoms with E-state index in [9.17, 15) is 18.3 Å². The zero-order valence-electron chi connectivity index (χ0n) is 12.1.